The largest absolute Gasteiger partial charge is 0.482 e. The van der Waals surface area contributed by atoms with Crippen LogP contribution < -0.4 is 18.9 Å². The summed E-state index contributed by atoms with van der Waals surface area (Å²) in [6, 6.07) is 5.97. The van der Waals surface area contributed by atoms with Crippen LogP contribution in [0.25, 0.3) is 6.08 Å². The average Bonchev–Trinajstić information content (AvgIpc) is 3.48. The number of Topliss-reactive ketones (excluding diaryl/α,β-unsaturated/α-hetero) is 2. The second-order valence-corrected chi connectivity index (χ2v) is 22.3. The fourth-order valence-corrected chi connectivity index (χ4v) is 11.6. The number of esters is 2. The van der Waals surface area contributed by atoms with E-state index in [-0.39, 0.29) is 65.8 Å². The number of carbonyl (C=O) groups is 4. The highest BCUT2D eigenvalue weighted by Gasteiger charge is 2.81. The van der Waals surface area contributed by atoms with Gasteiger partial charge in [0.05, 0.1) is 29.9 Å². The summed E-state index contributed by atoms with van der Waals surface area (Å²) in [7, 11) is 0. The van der Waals surface area contributed by atoms with E-state index in [1.807, 2.05) is 73.6 Å². The van der Waals surface area contributed by atoms with Gasteiger partial charge in [-0.3, -0.25) is 9.59 Å². The molecule has 10 atom stereocenters. The van der Waals surface area contributed by atoms with Crippen LogP contribution in [0.2, 0.25) is 0 Å². The smallest absolute Gasteiger partial charge is 0.343 e. The van der Waals surface area contributed by atoms with Crippen LogP contribution >= 0.6 is 0 Å². The normalized spacial score (nSPS) is 31.9. The van der Waals surface area contributed by atoms with Crippen LogP contribution in [0, 0.1) is 11.8 Å². The summed E-state index contributed by atoms with van der Waals surface area (Å²) >= 11 is 0. The van der Waals surface area contributed by atoms with Gasteiger partial charge in [0.25, 0.3) is 0 Å². The van der Waals surface area contributed by atoms with Gasteiger partial charge in [0.2, 0.25) is 6.29 Å². The molecular weight excluding hydrogens is 937 g/mol. The summed E-state index contributed by atoms with van der Waals surface area (Å²) in [5, 5.41) is 22.0. The van der Waals surface area contributed by atoms with Crippen molar-refractivity contribution in [3.8, 4) is 23.0 Å². The van der Waals surface area contributed by atoms with Gasteiger partial charge in [-0.05, 0) is 138 Å². The fourth-order valence-electron chi connectivity index (χ4n) is 11.6. The molecule has 4 fully saturated rings. The van der Waals surface area contributed by atoms with Crippen LogP contribution in [0.4, 0.5) is 0 Å². The van der Waals surface area contributed by atoms with Gasteiger partial charge in [0.15, 0.2) is 34.3 Å². The first-order chi connectivity index (χ1) is 34.4. The number of benzene rings is 2. The van der Waals surface area contributed by atoms with Crippen LogP contribution in [0.1, 0.15) is 147 Å². The molecule has 2 aromatic rings. The molecule has 3 aliphatic carbocycles. The monoisotopic (exact) mass is 1010 g/mol. The molecule has 15 nitrogen and oxygen atoms in total. The van der Waals surface area contributed by atoms with E-state index in [0.717, 1.165) is 12.0 Å². The molecule has 0 amide bonds. The van der Waals surface area contributed by atoms with E-state index in [9.17, 15) is 19.8 Å². The number of ether oxygens (including phenoxy) is 9. The Kier molecular flexibility index (Phi) is 13.9. The molecule has 5 aliphatic heterocycles. The minimum Gasteiger partial charge on any atom is -0.482 e. The van der Waals surface area contributed by atoms with E-state index < -0.39 is 88.5 Å². The minimum absolute atomic E-state index is 0.0143. The summed E-state index contributed by atoms with van der Waals surface area (Å²) in [5.41, 5.74) is -1.41. The van der Waals surface area contributed by atoms with Gasteiger partial charge in [-0.25, -0.2) is 9.59 Å². The molecule has 5 unspecified atom stereocenters. The Hall–Kier alpha value is -5.42. The van der Waals surface area contributed by atoms with Gasteiger partial charge < -0.3 is 52.8 Å². The van der Waals surface area contributed by atoms with Gasteiger partial charge >= 0.3 is 11.9 Å². The molecule has 2 N–H and O–H groups in total. The van der Waals surface area contributed by atoms with Crippen molar-refractivity contribution < 1.29 is 72.0 Å². The summed E-state index contributed by atoms with van der Waals surface area (Å²) in [6.07, 6.45) is 9.13. The highest BCUT2D eigenvalue weighted by molar-refractivity contribution is 6.19. The highest BCUT2D eigenvalue weighted by Crippen LogP contribution is 2.69. The molecule has 10 rings (SSSR count). The number of fused-ring (bicyclic) bond motifs is 3. The number of hydrogen-bond acceptors (Lipinski definition) is 15. The zero-order valence-electron chi connectivity index (χ0n) is 43.9. The number of carbonyl (C=O) groups excluding carboxylic acids is 4. The number of aliphatic hydroxyl groups excluding tert-OH is 2. The van der Waals surface area contributed by atoms with Crippen molar-refractivity contribution in [2.24, 2.45) is 11.8 Å². The third kappa shape index (κ3) is 9.22. The number of ketones is 2. The van der Waals surface area contributed by atoms with Crippen LogP contribution in [0.3, 0.4) is 0 Å². The van der Waals surface area contributed by atoms with E-state index >= 15 is 9.59 Å². The first-order valence-corrected chi connectivity index (χ1v) is 25.7. The van der Waals surface area contributed by atoms with Crippen molar-refractivity contribution in [1.29, 1.82) is 0 Å². The second-order valence-electron chi connectivity index (χ2n) is 22.3. The second kappa shape index (κ2) is 19.4. The van der Waals surface area contributed by atoms with Crippen LogP contribution in [-0.4, -0.2) is 106 Å². The Balaban J connectivity index is 1.13. The van der Waals surface area contributed by atoms with Crippen molar-refractivity contribution in [3.05, 3.63) is 99.2 Å². The maximum absolute atomic E-state index is 15.9. The zero-order chi connectivity index (χ0) is 52.6. The maximum Gasteiger partial charge on any atom is 0.343 e. The molecule has 0 aromatic heterocycles. The molecular formula is C58H70O15. The molecule has 1 saturated carbocycles. The highest BCUT2D eigenvalue weighted by atomic mass is 16.8. The Bertz CT molecular complexity index is 2730. The van der Waals surface area contributed by atoms with Crippen molar-refractivity contribution in [2.45, 2.75) is 180 Å². The number of allylic oxidation sites excluding steroid dienone is 5. The van der Waals surface area contributed by atoms with E-state index in [1.54, 1.807) is 32.9 Å². The standard InChI is InChI=1S/C58H70O15/c1-12-13-27-65-51(63)33(6)22-26-57-50(62)35-28-39-43(59)42-47(69-52(64)34-17-19-36(20-18-34)67-53-45(61)44(60)49-40(68-53)30-66-55(9,10)70-49)38-23-25-56(11,24-14-15-31(2)3)71-46(38)37(21-16-32(4)5)48(42)72-58(39,57)41(29-35)54(7,8)73-57/h15-20,22-23,25,28,35,40-41,44-45,49,53,60-61H,12-14,21,24,26-27,29-30H2,1-11H3/t35?,40-,41?,44+,45-,49-,53-,56?,57?,58?/m1/s1. The topological polar surface area (TPSA) is 192 Å². The first kappa shape index (κ1) is 52.4. The van der Waals surface area contributed by atoms with Gasteiger partial charge in [-0.2, -0.15) is 0 Å². The summed E-state index contributed by atoms with van der Waals surface area (Å²) in [5.74, 6) is -3.51. The lowest BCUT2D eigenvalue weighted by atomic mass is 9.51. The predicted molar refractivity (Wildman–Crippen MR) is 268 cm³/mol. The lowest BCUT2D eigenvalue weighted by molar-refractivity contribution is -0.373. The molecule has 3 saturated heterocycles. The molecule has 0 radical (unpaired) electrons. The Morgan fingerprint density at radius 1 is 0.904 bits per heavy atom. The van der Waals surface area contributed by atoms with Gasteiger partial charge in [-0.15, -0.1) is 0 Å². The van der Waals surface area contributed by atoms with Gasteiger partial charge in [0.1, 0.15) is 52.8 Å². The van der Waals surface area contributed by atoms with E-state index in [1.165, 1.54) is 29.8 Å². The number of unbranched alkanes of at least 4 members (excludes halogenated alkanes) is 1. The fraction of sp³-hybridized carbons (Fsp3) is 0.552. The lowest BCUT2D eigenvalue weighted by Crippen LogP contribution is -2.72. The van der Waals surface area contributed by atoms with Crippen LogP contribution in [0.15, 0.2) is 76.9 Å². The third-order valence-electron chi connectivity index (χ3n) is 15.4. The molecule has 2 aromatic carbocycles. The van der Waals surface area contributed by atoms with Crippen LogP contribution in [0.5, 0.6) is 23.0 Å². The van der Waals surface area contributed by atoms with E-state index in [4.69, 9.17) is 42.6 Å². The first-order valence-electron chi connectivity index (χ1n) is 25.7. The summed E-state index contributed by atoms with van der Waals surface area (Å²) in [6.45, 7) is 21.3. The molecule has 1 spiro atoms. The number of hydrogen-bond donors (Lipinski definition) is 2. The van der Waals surface area contributed by atoms with E-state index in [2.05, 4.69) is 6.08 Å². The zero-order valence-corrected chi connectivity index (χ0v) is 43.9. The maximum atomic E-state index is 15.9. The predicted octanol–water partition coefficient (Wildman–Crippen LogP) is 8.99. The van der Waals surface area contributed by atoms with Gasteiger partial charge in [-0.1, -0.05) is 48.8 Å². The number of aliphatic hydroxyl groups is 2. The summed E-state index contributed by atoms with van der Waals surface area (Å²) in [4.78, 5) is 58.7. The SMILES string of the molecule is CCCCOC(=O)C(C)=CCC12OC(C)(C)C3CC(C=C4C(=O)c5c(OC(=O)c6ccc(O[C@@H]7O[C@@H]8COC(C)(C)O[C@H]8[C@@H](O)[C@H]7O)cc6)c6c(c(CC=C(C)C)c5OC431)OC(C)(CCC=C(C)C)C=C6)C2=O. The van der Waals surface area contributed by atoms with Crippen molar-refractivity contribution in [3.63, 3.8) is 0 Å². The van der Waals surface area contributed by atoms with E-state index in [0.29, 0.717) is 48.1 Å². The Morgan fingerprint density at radius 2 is 1.63 bits per heavy atom. The average molecular weight is 1010 g/mol. The Labute approximate surface area is 427 Å². The van der Waals surface area contributed by atoms with Crippen LogP contribution in [-0.2, 0) is 39.7 Å². The third-order valence-corrected chi connectivity index (χ3v) is 15.4. The van der Waals surface area contributed by atoms with Crippen molar-refractivity contribution >= 4 is 29.6 Å². The quantitative estimate of drug-likeness (QED) is 0.0564. The Morgan fingerprint density at radius 3 is 2.33 bits per heavy atom. The molecule has 73 heavy (non-hydrogen) atoms. The lowest BCUT2D eigenvalue weighted by Gasteiger charge is -2.56. The molecule has 8 aliphatic rings. The summed E-state index contributed by atoms with van der Waals surface area (Å²) < 4.78 is 57.1. The minimum atomic E-state index is -1.72. The number of rotatable bonds is 15. The molecule has 15 heteroatoms. The molecule has 4 bridgehead atoms. The molecule has 5 heterocycles. The molecule has 392 valence electrons. The van der Waals surface area contributed by atoms with Gasteiger partial charge in [0, 0.05) is 35.0 Å². The van der Waals surface area contributed by atoms with Crippen molar-refractivity contribution in [2.75, 3.05) is 13.2 Å². The van der Waals surface area contributed by atoms with Crippen molar-refractivity contribution in [1.82, 2.24) is 0 Å².